The molecule has 0 nitrogen and oxygen atoms in total. The van der Waals surface area contributed by atoms with Crippen molar-refractivity contribution < 1.29 is 0 Å². The van der Waals surface area contributed by atoms with Gasteiger partial charge < -0.3 is 0 Å². The van der Waals surface area contributed by atoms with E-state index in [-0.39, 0.29) is 5.41 Å². The van der Waals surface area contributed by atoms with Gasteiger partial charge in [0.05, 0.1) is 0 Å². The third-order valence-corrected chi connectivity index (χ3v) is 13.8. The Balaban J connectivity index is 1.00. The minimum absolute atomic E-state index is 0.187. The van der Waals surface area contributed by atoms with Crippen molar-refractivity contribution in [1.29, 1.82) is 0 Å². The summed E-state index contributed by atoms with van der Waals surface area (Å²) in [7, 11) is 0. The van der Waals surface area contributed by atoms with E-state index in [1.165, 1.54) is 131 Å². The maximum Gasteiger partial charge on any atom is 0.0159 e. The monoisotopic (exact) mass is 746 g/mol. The van der Waals surface area contributed by atoms with Gasteiger partial charge in [-0.05, 0) is 149 Å². The second kappa shape index (κ2) is 11.9. The highest BCUT2D eigenvalue weighted by Crippen LogP contribution is 2.53. The molecular weight excluding hydrogens is 709 g/mol. The summed E-state index contributed by atoms with van der Waals surface area (Å²) in [6.45, 7) is 4.83. The molecule has 12 aromatic rings. The Kier molecular flexibility index (Phi) is 6.60. The molecule has 0 saturated carbocycles. The van der Waals surface area contributed by atoms with Gasteiger partial charge in [-0.1, -0.05) is 190 Å². The van der Waals surface area contributed by atoms with Gasteiger partial charge in [-0.3, -0.25) is 0 Å². The van der Waals surface area contributed by atoms with Gasteiger partial charge in [0.25, 0.3) is 0 Å². The van der Waals surface area contributed by atoms with Gasteiger partial charge in [0.15, 0.2) is 0 Å². The van der Waals surface area contributed by atoms with Gasteiger partial charge in [-0.25, -0.2) is 0 Å². The maximum atomic E-state index is 2.51. The summed E-state index contributed by atoms with van der Waals surface area (Å²) in [4.78, 5) is 0. The normalized spacial score (nSPS) is 13.4. The lowest BCUT2D eigenvalue weighted by molar-refractivity contribution is 0.661. The highest BCUT2D eigenvalue weighted by atomic mass is 14.4. The van der Waals surface area contributed by atoms with Crippen molar-refractivity contribution in [2.75, 3.05) is 0 Å². The summed E-state index contributed by atoms with van der Waals surface area (Å²) >= 11 is 0. The largest absolute Gasteiger partial charge is 0.0616 e. The van der Waals surface area contributed by atoms with Crippen LogP contribution in [0.15, 0.2) is 194 Å². The molecule has 0 heteroatoms. The molecule has 12 aromatic carbocycles. The lowest BCUT2D eigenvalue weighted by Gasteiger charge is -2.24. The van der Waals surface area contributed by atoms with Gasteiger partial charge in [0.1, 0.15) is 0 Å². The van der Waals surface area contributed by atoms with E-state index in [0.717, 1.165) is 0 Å². The van der Waals surface area contributed by atoms with Crippen molar-refractivity contribution in [3.63, 3.8) is 0 Å². The first-order valence-corrected chi connectivity index (χ1v) is 20.8. The van der Waals surface area contributed by atoms with Crippen LogP contribution in [0.25, 0.3) is 120 Å². The average molecular weight is 747 g/mol. The Morgan fingerprint density at radius 2 is 0.695 bits per heavy atom. The van der Waals surface area contributed by atoms with Crippen LogP contribution in [0.5, 0.6) is 0 Å². The molecule has 0 radical (unpaired) electrons. The Labute approximate surface area is 342 Å². The molecule has 13 rings (SSSR count). The first kappa shape index (κ1) is 32.8. The van der Waals surface area contributed by atoms with Gasteiger partial charge in [0, 0.05) is 5.41 Å². The van der Waals surface area contributed by atoms with E-state index >= 15 is 0 Å². The lowest BCUT2D eigenvalue weighted by Crippen LogP contribution is -2.15. The number of hydrogen-bond acceptors (Lipinski definition) is 0. The van der Waals surface area contributed by atoms with Crippen molar-refractivity contribution in [3.8, 4) is 44.5 Å². The zero-order valence-electron chi connectivity index (χ0n) is 33.0. The molecule has 0 spiro atoms. The predicted octanol–water partition coefficient (Wildman–Crippen LogP) is 16.5. The fourth-order valence-electron chi connectivity index (χ4n) is 11.0. The molecule has 59 heavy (non-hydrogen) atoms. The molecule has 1 aliphatic rings. The summed E-state index contributed by atoms with van der Waals surface area (Å²) in [5.74, 6) is 0. The molecule has 0 unspecified atom stereocenters. The summed E-state index contributed by atoms with van der Waals surface area (Å²) in [6.07, 6.45) is 0. The van der Waals surface area contributed by atoms with Crippen LogP contribution in [-0.2, 0) is 5.41 Å². The van der Waals surface area contributed by atoms with Gasteiger partial charge >= 0.3 is 0 Å². The van der Waals surface area contributed by atoms with Crippen LogP contribution in [0.2, 0.25) is 0 Å². The summed E-state index contributed by atoms with van der Waals surface area (Å²) in [6, 6.07) is 73.2. The molecule has 0 aliphatic heterocycles. The third-order valence-electron chi connectivity index (χ3n) is 13.8. The average Bonchev–Trinajstić information content (AvgIpc) is 3.51. The van der Waals surface area contributed by atoms with E-state index in [1.54, 1.807) is 0 Å². The van der Waals surface area contributed by atoms with Crippen molar-refractivity contribution in [2.45, 2.75) is 19.3 Å². The van der Waals surface area contributed by atoms with Gasteiger partial charge in [-0.15, -0.1) is 0 Å². The van der Waals surface area contributed by atoms with E-state index in [2.05, 4.69) is 208 Å². The van der Waals surface area contributed by atoms with E-state index in [1.807, 2.05) is 0 Å². The third kappa shape index (κ3) is 4.49. The van der Waals surface area contributed by atoms with Crippen LogP contribution in [0.4, 0.5) is 0 Å². The second-order valence-electron chi connectivity index (χ2n) is 17.1. The fourth-order valence-corrected chi connectivity index (χ4v) is 11.0. The Morgan fingerprint density at radius 3 is 1.31 bits per heavy atom. The summed E-state index contributed by atoms with van der Waals surface area (Å²) < 4.78 is 0. The number of hydrogen-bond donors (Lipinski definition) is 0. The van der Waals surface area contributed by atoms with Crippen LogP contribution in [0.1, 0.15) is 25.0 Å². The lowest BCUT2D eigenvalue weighted by atomic mass is 9.79. The molecule has 0 aromatic heterocycles. The molecule has 0 heterocycles. The zero-order valence-corrected chi connectivity index (χ0v) is 33.0. The molecule has 0 atom stereocenters. The van der Waals surface area contributed by atoms with Crippen molar-refractivity contribution in [3.05, 3.63) is 205 Å². The predicted molar refractivity (Wildman–Crippen MR) is 254 cm³/mol. The minimum Gasteiger partial charge on any atom is -0.0616 e. The number of benzene rings is 12. The molecular formula is C59H38. The smallest absolute Gasteiger partial charge is 0.0159 e. The molecule has 274 valence electrons. The van der Waals surface area contributed by atoms with Crippen LogP contribution in [-0.4, -0.2) is 0 Å². The molecule has 1 aliphatic carbocycles. The van der Waals surface area contributed by atoms with Gasteiger partial charge in [0.2, 0.25) is 0 Å². The van der Waals surface area contributed by atoms with E-state index in [4.69, 9.17) is 0 Å². The molecule has 0 saturated heterocycles. The van der Waals surface area contributed by atoms with E-state index in [9.17, 15) is 0 Å². The van der Waals surface area contributed by atoms with E-state index < -0.39 is 0 Å². The van der Waals surface area contributed by atoms with Crippen LogP contribution in [0, 0.1) is 0 Å². The minimum atomic E-state index is -0.187. The fraction of sp³-hybridized carbons (Fsp3) is 0.0508. The van der Waals surface area contributed by atoms with E-state index in [0.29, 0.717) is 0 Å². The quantitative estimate of drug-likeness (QED) is 0.125. The molecule has 0 amide bonds. The van der Waals surface area contributed by atoms with Crippen LogP contribution in [0.3, 0.4) is 0 Å². The first-order chi connectivity index (χ1) is 29.0. The Hall–Kier alpha value is -7.28. The standard InChI is InChI=1S/C59H38/c1-59(2)52-33-40(42-28-24-37-23-22-35-14-11-15-36-25-31-51(42)56(37)54(35)36)26-29-45(52)46-30-27-41(34-53(46)59)55-47-18-7-9-20-49(47)58(50-21-10-8-19-48(50)55)57-43-16-5-3-12-38(43)32-39-13-4-6-17-44(39)57/h3-34H,1-2H3. The Bertz CT molecular complexity index is 3620. The number of rotatable bonds is 3. The Morgan fingerprint density at radius 1 is 0.271 bits per heavy atom. The topological polar surface area (TPSA) is 0 Å². The summed E-state index contributed by atoms with van der Waals surface area (Å²) in [5.41, 5.74) is 13.0. The van der Waals surface area contributed by atoms with Crippen LogP contribution < -0.4 is 0 Å². The molecule has 0 bridgehead atoms. The highest BCUT2D eigenvalue weighted by molar-refractivity contribution is 6.28. The van der Waals surface area contributed by atoms with Gasteiger partial charge in [-0.2, -0.15) is 0 Å². The van der Waals surface area contributed by atoms with Crippen molar-refractivity contribution >= 4 is 75.4 Å². The maximum absolute atomic E-state index is 2.51. The zero-order chi connectivity index (χ0) is 39.0. The van der Waals surface area contributed by atoms with Crippen molar-refractivity contribution in [2.24, 2.45) is 0 Å². The van der Waals surface area contributed by atoms with Crippen molar-refractivity contribution in [1.82, 2.24) is 0 Å². The SMILES string of the molecule is CC1(C)c2cc(-c3c4ccccc4c(-c4c5ccccc5cc5ccccc45)c4ccccc34)ccc2-c2ccc(-c3ccc4ccc5cccc6ccc3c4c56)cc21. The molecule has 0 fully saturated rings. The molecule has 0 N–H and O–H groups in total. The number of fused-ring (bicyclic) bond motifs is 7. The summed E-state index contributed by atoms with van der Waals surface area (Å²) in [5, 5.41) is 18.2. The second-order valence-corrected chi connectivity index (χ2v) is 17.1. The highest BCUT2D eigenvalue weighted by Gasteiger charge is 2.36. The first-order valence-electron chi connectivity index (χ1n) is 20.8. The van der Waals surface area contributed by atoms with Crippen LogP contribution >= 0.6 is 0 Å².